The minimum absolute atomic E-state index is 0. The number of halogens is 1. The number of hydrogen-bond acceptors (Lipinski definition) is 1. The summed E-state index contributed by atoms with van der Waals surface area (Å²) < 4.78 is 7.34. The van der Waals surface area contributed by atoms with Gasteiger partial charge in [0.1, 0.15) is 0 Å². The highest BCUT2D eigenvalue weighted by molar-refractivity contribution is 8.93. The summed E-state index contributed by atoms with van der Waals surface area (Å²) in [5, 5.41) is 0. The molecule has 0 unspecified atom stereocenters. The van der Waals surface area contributed by atoms with Crippen molar-refractivity contribution in [2.24, 2.45) is 0 Å². The predicted molar refractivity (Wildman–Crippen MR) is 60.4 cm³/mol. The Morgan fingerprint density at radius 1 is 1.46 bits per heavy atom. The van der Waals surface area contributed by atoms with Gasteiger partial charge in [0.15, 0.2) is 0 Å². The Labute approximate surface area is 90.7 Å². The second-order valence-electron chi connectivity index (χ2n) is 2.98. The molecule has 1 rings (SSSR count). The van der Waals surface area contributed by atoms with Crippen LogP contribution in [0.1, 0.15) is 25.5 Å². The van der Waals surface area contributed by atoms with E-state index in [1.54, 1.807) is 7.11 Å². The van der Waals surface area contributed by atoms with Gasteiger partial charge in [-0.15, -0.1) is 17.0 Å². The van der Waals surface area contributed by atoms with Gasteiger partial charge in [0.2, 0.25) is 0 Å². The van der Waals surface area contributed by atoms with Gasteiger partial charge < -0.3 is 9.30 Å². The van der Waals surface area contributed by atoms with Crippen LogP contribution < -0.4 is 0 Å². The van der Waals surface area contributed by atoms with Crippen molar-refractivity contribution in [2.75, 3.05) is 7.11 Å². The Kier molecular flexibility index (Phi) is 7.00. The molecule has 1 aromatic heterocycles. The van der Waals surface area contributed by atoms with Gasteiger partial charge in [-0.1, -0.05) is 13.3 Å². The summed E-state index contributed by atoms with van der Waals surface area (Å²) in [6.07, 6.45) is 4.60. The second-order valence-corrected chi connectivity index (χ2v) is 2.98. The molecule has 0 N–H and O–H groups in total. The van der Waals surface area contributed by atoms with Gasteiger partial charge in [0.05, 0.1) is 6.61 Å². The first-order valence-electron chi connectivity index (χ1n) is 4.51. The quantitative estimate of drug-likeness (QED) is 0.781. The first-order valence-corrected chi connectivity index (χ1v) is 4.51. The highest BCUT2D eigenvalue weighted by Gasteiger charge is 1.98. The number of methoxy groups -OCH3 is 1. The zero-order valence-corrected chi connectivity index (χ0v) is 10.0. The van der Waals surface area contributed by atoms with Crippen LogP contribution in [0.2, 0.25) is 0 Å². The lowest BCUT2D eigenvalue weighted by molar-refractivity contribution is 0.178. The first-order chi connectivity index (χ1) is 5.88. The maximum atomic E-state index is 5.09. The number of aromatic nitrogens is 1. The van der Waals surface area contributed by atoms with E-state index < -0.39 is 0 Å². The molecule has 0 saturated carbocycles. The molecule has 0 fully saturated rings. The monoisotopic (exact) mass is 247 g/mol. The molecule has 0 aromatic carbocycles. The first kappa shape index (κ1) is 12.7. The van der Waals surface area contributed by atoms with Gasteiger partial charge in [-0.2, -0.15) is 0 Å². The fourth-order valence-electron chi connectivity index (χ4n) is 1.27. The number of aryl methyl sites for hydroxylation is 1. The minimum atomic E-state index is 0. The molecule has 0 bridgehead atoms. The molecule has 0 amide bonds. The molecule has 0 radical (unpaired) electrons. The van der Waals surface area contributed by atoms with E-state index in [-0.39, 0.29) is 17.0 Å². The van der Waals surface area contributed by atoms with E-state index in [4.69, 9.17) is 4.74 Å². The van der Waals surface area contributed by atoms with Gasteiger partial charge in [-0.3, -0.25) is 0 Å². The fraction of sp³-hybridized carbons (Fsp3) is 0.600. The predicted octanol–water partition coefficient (Wildman–Crippen LogP) is 3.01. The molecule has 76 valence electrons. The van der Waals surface area contributed by atoms with E-state index in [0.29, 0.717) is 0 Å². The van der Waals surface area contributed by atoms with Crippen molar-refractivity contribution in [3.05, 3.63) is 24.0 Å². The average Bonchev–Trinajstić information content (AvgIpc) is 2.50. The normalized spacial score (nSPS) is 9.69. The zero-order valence-electron chi connectivity index (χ0n) is 8.32. The summed E-state index contributed by atoms with van der Waals surface area (Å²) in [6.45, 7) is 4.04. The molecule has 0 aliphatic heterocycles. The molecule has 1 heterocycles. The molecular formula is C10H18BrNO. The lowest BCUT2D eigenvalue weighted by Crippen LogP contribution is -2.02. The Balaban J connectivity index is 0.00000144. The van der Waals surface area contributed by atoms with Crippen LogP contribution in [0.25, 0.3) is 0 Å². The van der Waals surface area contributed by atoms with Crippen molar-refractivity contribution in [2.45, 2.75) is 32.9 Å². The van der Waals surface area contributed by atoms with E-state index in [9.17, 15) is 0 Å². The largest absolute Gasteiger partial charge is 0.378 e. The molecule has 0 spiro atoms. The van der Waals surface area contributed by atoms with Crippen molar-refractivity contribution in [1.82, 2.24) is 4.57 Å². The third kappa shape index (κ3) is 3.96. The number of hydrogen-bond donors (Lipinski definition) is 0. The maximum absolute atomic E-state index is 5.09. The standard InChI is InChI=1S/C10H17NO.BrH/c1-3-4-7-11-8-5-6-10(11)9-12-2;/h5-6,8H,3-4,7,9H2,1-2H3;1H. The molecule has 13 heavy (non-hydrogen) atoms. The smallest absolute Gasteiger partial charge is 0.0863 e. The highest BCUT2D eigenvalue weighted by atomic mass is 79.9. The minimum Gasteiger partial charge on any atom is -0.378 e. The van der Waals surface area contributed by atoms with E-state index in [1.807, 2.05) is 0 Å². The van der Waals surface area contributed by atoms with Gasteiger partial charge >= 0.3 is 0 Å². The van der Waals surface area contributed by atoms with Crippen molar-refractivity contribution < 1.29 is 4.74 Å². The lowest BCUT2D eigenvalue weighted by Gasteiger charge is -2.06. The average molecular weight is 248 g/mol. The SMILES string of the molecule is Br.CCCCn1cccc1COC. The van der Waals surface area contributed by atoms with Crippen LogP contribution in [0.3, 0.4) is 0 Å². The number of ether oxygens (including phenoxy) is 1. The van der Waals surface area contributed by atoms with Crippen molar-refractivity contribution >= 4 is 17.0 Å². The molecule has 0 saturated heterocycles. The van der Waals surface area contributed by atoms with Crippen LogP contribution in [0.4, 0.5) is 0 Å². The van der Waals surface area contributed by atoms with Crippen LogP contribution in [-0.4, -0.2) is 11.7 Å². The van der Waals surface area contributed by atoms with E-state index in [1.165, 1.54) is 18.5 Å². The van der Waals surface area contributed by atoms with Crippen molar-refractivity contribution in [3.63, 3.8) is 0 Å². The van der Waals surface area contributed by atoms with Crippen LogP contribution in [0.15, 0.2) is 18.3 Å². The molecule has 2 nitrogen and oxygen atoms in total. The summed E-state index contributed by atoms with van der Waals surface area (Å²) in [5.41, 5.74) is 1.27. The van der Waals surface area contributed by atoms with Gasteiger partial charge in [-0.25, -0.2) is 0 Å². The fourth-order valence-corrected chi connectivity index (χ4v) is 1.27. The van der Waals surface area contributed by atoms with Crippen LogP contribution in [-0.2, 0) is 17.9 Å². The number of rotatable bonds is 5. The summed E-state index contributed by atoms with van der Waals surface area (Å²) in [7, 11) is 1.73. The maximum Gasteiger partial charge on any atom is 0.0863 e. The highest BCUT2D eigenvalue weighted by Crippen LogP contribution is 2.05. The summed E-state index contributed by atoms with van der Waals surface area (Å²) >= 11 is 0. The molecular weight excluding hydrogens is 230 g/mol. The summed E-state index contributed by atoms with van der Waals surface area (Å²) in [4.78, 5) is 0. The van der Waals surface area contributed by atoms with E-state index in [0.717, 1.165) is 13.2 Å². The Morgan fingerprint density at radius 2 is 2.23 bits per heavy atom. The van der Waals surface area contributed by atoms with Gasteiger partial charge in [0.25, 0.3) is 0 Å². The zero-order chi connectivity index (χ0) is 8.81. The van der Waals surface area contributed by atoms with Crippen LogP contribution in [0.5, 0.6) is 0 Å². The molecule has 1 aromatic rings. The molecule has 3 heteroatoms. The Morgan fingerprint density at radius 3 is 2.85 bits per heavy atom. The second kappa shape index (κ2) is 7.15. The Bertz CT molecular complexity index is 222. The molecule has 0 aliphatic rings. The van der Waals surface area contributed by atoms with Crippen LogP contribution in [0, 0.1) is 0 Å². The van der Waals surface area contributed by atoms with Crippen LogP contribution >= 0.6 is 17.0 Å². The van der Waals surface area contributed by atoms with Crippen molar-refractivity contribution in [3.8, 4) is 0 Å². The molecule has 0 atom stereocenters. The summed E-state index contributed by atoms with van der Waals surface area (Å²) in [5.74, 6) is 0. The van der Waals surface area contributed by atoms with E-state index in [2.05, 4.69) is 29.8 Å². The topological polar surface area (TPSA) is 14.2 Å². The lowest BCUT2D eigenvalue weighted by atomic mass is 10.3. The number of nitrogens with zero attached hydrogens (tertiary/aromatic N) is 1. The summed E-state index contributed by atoms with van der Waals surface area (Å²) in [6, 6.07) is 4.18. The van der Waals surface area contributed by atoms with E-state index >= 15 is 0 Å². The number of unbranched alkanes of at least 4 members (excludes halogenated alkanes) is 1. The van der Waals surface area contributed by atoms with Crippen molar-refractivity contribution in [1.29, 1.82) is 0 Å². The van der Waals surface area contributed by atoms with Gasteiger partial charge in [0, 0.05) is 25.5 Å². The third-order valence-electron chi connectivity index (χ3n) is 1.97. The Hall–Kier alpha value is -0.280. The molecule has 0 aliphatic carbocycles. The third-order valence-corrected chi connectivity index (χ3v) is 1.97. The van der Waals surface area contributed by atoms with Gasteiger partial charge in [-0.05, 0) is 18.6 Å².